The van der Waals surface area contributed by atoms with Gasteiger partial charge >= 0.3 is 5.97 Å². The van der Waals surface area contributed by atoms with E-state index in [0.717, 1.165) is 0 Å². The van der Waals surface area contributed by atoms with Gasteiger partial charge in [0.1, 0.15) is 54.6 Å². The van der Waals surface area contributed by atoms with Crippen molar-refractivity contribution in [1.82, 2.24) is 5.32 Å². The minimum Gasteiger partial charge on any atom is -0.427 e. The van der Waals surface area contributed by atoms with Gasteiger partial charge < -0.3 is 64.7 Å². The molecule has 0 aromatic heterocycles. The molecule has 1 aromatic rings. The van der Waals surface area contributed by atoms with Crippen LogP contribution >= 0.6 is 11.8 Å². The minimum absolute atomic E-state index is 0.0922. The van der Waals surface area contributed by atoms with Gasteiger partial charge in [0.15, 0.2) is 12.6 Å². The number of nitrogens with one attached hydrogen (secondary N) is 1. The molecule has 0 aliphatic carbocycles. The van der Waals surface area contributed by atoms with E-state index in [1.807, 2.05) is 0 Å². The zero-order valence-corrected chi connectivity index (χ0v) is 26.8. The van der Waals surface area contributed by atoms with E-state index in [0.29, 0.717) is 37.3 Å². The molecule has 0 radical (unpaired) electrons. The van der Waals surface area contributed by atoms with E-state index in [-0.39, 0.29) is 36.8 Å². The second-order valence-electron chi connectivity index (χ2n) is 11.1. The third-order valence-corrected chi connectivity index (χ3v) is 8.63. The van der Waals surface area contributed by atoms with Crippen molar-refractivity contribution in [3.8, 4) is 5.75 Å². The lowest BCUT2D eigenvalue weighted by Gasteiger charge is -2.45. The average molecular weight is 709 g/mol. The number of nitro groups is 1. The molecular weight excluding hydrogens is 664 g/mol. The quantitative estimate of drug-likeness (QED) is 0.0252. The highest BCUT2D eigenvalue weighted by molar-refractivity contribution is 7.99. The molecule has 0 bridgehead atoms. The van der Waals surface area contributed by atoms with Gasteiger partial charge in [0.25, 0.3) is 5.69 Å². The number of nitro benzene ring substituents is 1. The molecule has 2 heterocycles. The zero-order valence-electron chi connectivity index (χ0n) is 26.0. The number of rotatable bonds is 19. The van der Waals surface area contributed by atoms with Crippen molar-refractivity contribution in [2.75, 3.05) is 37.9 Å². The summed E-state index contributed by atoms with van der Waals surface area (Å²) < 4.78 is 27.4. The number of hydrogen-bond acceptors (Lipinski definition) is 17. The molecule has 272 valence electrons. The van der Waals surface area contributed by atoms with Gasteiger partial charge in [-0.25, -0.2) is 0 Å². The maximum Gasteiger partial charge on any atom is 0.311 e. The summed E-state index contributed by atoms with van der Waals surface area (Å²) in [5, 5.41) is 83.8. The van der Waals surface area contributed by atoms with Gasteiger partial charge in [-0.05, 0) is 37.1 Å². The Morgan fingerprint density at radius 3 is 2.10 bits per heavy atom. The second-order valence-corrected chi connectivity index (χ2v) is 12.3. The van der Waals surface area contributed by atoms with Crippen molar-refractivity contribution in [1.29, 1.82) is 0 Å². The lowest BCUT2D eigenvalue weighted by Crippen LogP contribution is -2.64. The van der Waals surface area contributed by atoms with Gasteiger partial charge in [-0.1, -0.05) is 0 Å². The highest BCUT2D eigenvalue weighted by atomic mass is 32.2. The van der Waals surface area contributed by atoms with Crippen molar-refractivity contribution >= 4 is 29.3 Å². The first kappa shape index (κ1) is 39.9. The predicted molar refractivity (Wildman–Crippen MR) is 165 cm³/mol. The number of thioether (sulfide) groups is 1. The number of ether oxygens (including phenoxy) is 5. The molecule has 2 saturated heterocycles. The summed E-state index contributed by atoms with van der Waals surface area (Å²) in [7, 11) is 0. The van der Waals surface area contributed by atoms with Crippen LogP contribution in [0.1, 0.15) is 32.1 Å². The summed E-state index contributed by atoms with van der Waals surface area (Å²) in [5.74, 6) is 0.758. The minimum atomic E-state index is -1.76. The van der Waals surface area contributed by atoms with Crippen LogP contribution in [0.25, 0.3) is 0 Å². The standard InChI is InChI=1S/C29H44N2O16S/c32-14-18-22(36)24(38)26(40)28(45-18)47-27-25(39)23(37)19(15-33)46-29(27)43-11-3-12-48-13-10-30-20(34)4-1-2-5-21(35)44-17-8-6-16(7-9-17)31(41)42/h6-9,18-19,22-29,32-33,36-40H,1-5,10-15H2,(H,30,34)/t18-,19-,22-,23-,24+,25+,26+,27+,28+,29-/m1/s1. The monoisotopic (exact) mass is 708 g/mol. The van der Waals surface area contributed by atoms with Crippen molar-refractivity contribution in [3.63, 3.8) is 0 Å². The number of carbonyl (C=O) groups is 2. The normalized spacial score (nSPS) is 30.5. The average Bonchev–Trinajstić information content (AvgIpc) is 3.07. The van der Waals surface area contributed by atoms with Crippen LogP contribution in [0.4, 0.5) is 5.69 Å². The fourth-order valence-corrected chi connectivity index (χ4v) is 5.63. The van der Waals surface area contributed by atoms with Gasteiger partial charge in [-0.3, -0.25) is 19.7 Å². The lowest BCUT2D eigenvalue weighted by molar-refractivity contribution is -0.384. The second kappa shape index (κ2) is 20.2. The largest absolute Gasteiger partial charge is 0.427 e. The molecule has 3 rings (SSSR count). The lowest BCUT2D eigenvalue weighted by atomic mass is 9.97. The predicted octanol–water partition coefficient (Wildman–Crippen LogP) is -2.06. The van der Waals surface area contributed by atoms with E-state index >= 15 is 0 Å². The van der Waals surface area contributed by atoms with Gasteiger partial charge in [0.2, 0.25) is 5.91 Å². The first-order valence-corrected chi connectivity index (χ1v) is 16.6. The van der Waals surface area contributed by atoms with Gasteiger partial charge in [0, 0.05) is 37.3 Å². The molecule has 10 atom stereocenters. The van der Waals surface area contributed by atoms with E-state index < -0.39 is 85.5 Å². The number of hydrogen-bond donors (Lipinski definition) is 8. The first-order chi connectivity index (χ1) is 23.0. The number of unbranched alkanes of at least 4 members (excludes halogenated alkanes) is 1. The molecule has 19 heteroatoms. The zero-order chi connectivity index (χ0) is 35.2. The summed E-state index contributed by atoms with van der Waals surface area (Å²) in [6.07, 6.45) is -13.5. The summed E-state index contributed by atoms with van der Waals surface area (Å²) in [6.45, 7) is -0.816. The Bertz CT molecular complexity index is 1150. The van der Waals surface area contributed by atoms with Crippen LogP contribution in [0.5, 0.6) is 5.75 Å². The van der Waals surface area contributed by atoms with Crippen LogP contribution in [0, 0.1) is 10.1 Å². The number of amides is 1. The molecule has 0 spiro atoms. The molecule has 18 nitrogen and oxygen atoms in total. The number of carbonyl (C=O) groups excluding carboxylic acids is 2. The summed E-state index contributed by atoms with van der Waals surface area (Å²) in [6, 6.07) is 5.15. The van der Waals surface area contributed by atoms with Crippen molar-refractivity contribution in [2.24, 2.45) is 0 Å². The Morgan fingerprint density at radius 1 is 0.833 bits per heavy atom. The number of aliphatic hydroxyl groups is 7. The smallest absolute Gasteiger partial charge is 0.311 e. The van der Waals surface area contributed by atoms with E-state index in [9.17, 15) is 55.4 Å². The third-order valence-electron chi connectivity index (χ3n) is 7.56. The fraction of sp³-hybridized carbons (Fsp3) is 0.724. The van der Waals surface area contributed by atoms with Crippen LogP contribution in [-0.2, 0) is 28.5 Å². The summed E-state index contributed by atoms with van der Waals surface area (Å²) >= 11 is 1.53. The van der Waals surface area contributed by atoms with Crippen LogP contribution < -0.4 is 10.1 Å². The maximum atomic E-state index is 12.1. The van der Waals surface area contributed by atoms with Crippen molar-refractivity contribution in [3.05, 3.63) is 34.4 Å². The van der Waals surface area contributed by atoms with Crippen molar-refractivity contribution in [2.45, 2.75) is 93.5 Å². The molecule has 2 aliphatic rings. The molecule has 8 N–H and O–H groups in total. The Labute approximate surface area is 280 Å². The maximum absolute atomic E-state index is 12.1. The molecule has 2 aliphatic heterocycles. The molecule has 1 amide bonds. The summed E-state index contributed by atoms with van der Waals surface area (Å²) in [5.41, 5.74) is -0.113. The Hall–Kier alpha value is -2.53. The number of nitrogens with zero attached hydrogens (tertiary/aromatic N) is 1. The van der Waals surface area contributed by atoms with E-state index in [2.05, 4.69) is 5.32 Å². The van der Waals surface area contributed by atoms with Gasteiger partial charge in [-0.2, -0.15) is 11.8 Å². The molecule has 48 heavy (non-hydrogen) atoms. The first-order valence-electron chi connectivity index (χ1n) is 15.5. The van der Waals surface area contributed by atoms with Gasteiger partial charge in [0.05, 0.1) is 24.7 Å². The fourth-order valence-electron chi connectivity index (χ4n) is 4.86. The number of benzene rings is 1. The molecule has 0 saturated carbocycles. The topological polar surface area (TPSA) is 277 Å². The van der Waals surface area contributed by atoms with E-state index in [4.69, 9.17) is 23.7 Å². The molecule has 1 aromatic carbocycles. The third kappa shape index (κ3) is 11.8. The molecule has 2 fully saturated rings. The van der Waals surface area contributed by atoms with Crippen LogP contribution in [-0.4, -0.2) is 152 Å². The molecule has 0 unspecified atom stereocenters. The molecular formula is C29H44N2O16S. The van der Waals surface area contributed by atoms with Crippen LogP contribution in [0.15, 0.2) is 24.3 Å². The Kier molecular flexibility index (Phi) is 16.8. The SMILES string of the molecule is O=C(CCCCC(=O)Oc1ccc([N+](=O)[O-])cc1)NCCSCCCO[C@@H]1O[C@H](CO)[C@@H](O)[C@H](O)[C@@H]1O[C@@H]1O[C@H](CO)[C@@H](O)[C@H](O)[C@@H]1O. The highest BCUT2D eigenvalue weighted by Crippen LogP contribution is 2.30. The number of aliphatic hydroxyl groups excluding tert-OH is 7. The van der Waals surface area contributed by atoms with E-state index in [1.54, 1.807) is 0 Å². The Morgan fingerprint density at radius 2 is 1.46 bits per heavy atom. The van der Waals surface area contributed by atoms with E-state index in [1.165, 1.54) is 36.0 Å². The van der Waals surface area contributed by atoms with Crippen LogP contribution in [0.2, 0.25) is 0 Å². The highest BCUT2D eigenvalue weighted by Gasteiger charge is 2.50. The van der Waals surface area contributed by atoms with Gasteiger partial charge in [-0.15, -0.1) is 0 Å². The number of esters is 1. The summed E-state index contributed by atoms with van der Waals surface area (Å²) in [4.78, 5) is 34.2. The van der Waals surface area contributed by atoms with Crippen molar-refractivity contribution < 1.29 is 73.9 Å². The van der Waals surface area contributed by atoms with Crippen LogP contribution in [0.3, 0.4) is 0 Å². The Balaban J connectivity index is 1.29. The number of non-ortho nitro benzene ring substituents is 1.